The highest BCUT2D eigenvalue weighted by Gasteiger charge is 2.22. The molecule has 2 rings (SSSR count). The van der Waals surface area contributed by atoms with E-state index >= 15 is 0 Å². The molecule has 1 saturated carbocycles. The van der Waals surface area contributed by atoms with Gasteiger partial charge in [-0.25, -0.2) is 0 Å². The molecular weight excluding hydrogens is 229 g/mol. The number of hydrogen-bond donors (Lipinski definition) is 1. The summed E-state index contributed by atoms with van der Waals surface area (Å²) in [5.41, 5.74) is 7.11. The topological polar surface area (TPSA) is 26.0 Å². The minimum Gasteiger partial charge on any atom is -0.324 e. The molecule has 82 valence electrons. The number of benzene rings is 1. The average molecular weight is 244 g/mol. The van der Waals surface area contributed by atoms with Crippen LogP contribution in [0.2, 0.25) is 10.0 Å². The Labute approximate surface area is 101 Å². The normalized spacial score (nSPS) is 17.8. The van der Waals surface area contributed by atoms with Gasteiger partial charge in [-0.2, -0.15) is 0 Å². The van der Waals surface area contributed by atoms with E-state index in [1.807, 2.05) is 12.1 Å². The highest BCUT2D eigenvalue weighted by atomic mass is 35.5. The molecule has 1 aromatic rings. The average Bonchev–Trinajstić information content (AvgIpc) is 2.97. The molecule has 1 aliphatic rings. The first-order valence-electron chi connectivity index (χ1n) is 5.37. The van der Waals surface area contributed by atoms with E-state index < -0.39 is 0 Å². The molecule has 0 heterocycles. The molecule has 1 aliphatic carbocycles. The van der Waals surface area contributed by atoms with Crippen molar-refractivity contribution in [3.05, 3.63) is 33.8 Å². The molecule has 2 N–H and O–H groups in total. The van der Waals surface area contributed by atoms with Crippen LogP contribution in [0, 0.1) is 5.92 Å². The van der Waals surface area contributed by atoms with E-state index in [1.54, 1.807) is 6.07 Å². The molecule has 1 fully saturated rings. The van der Waals surface area contributed by atoms with Gasteiger partial charge in [-0.15, -0.1) is 0 Å². The van der Waals surface area contributed by atoms with E-state index in [0.717, 1.165) is 17.9 Å². The van der Waals surface area contributed by atoms with Crippen LogP contribution in [-0.4, -0.2) is 0 Å². The molecule has 3 heteroatoms. The van der Waals surface area contributed by atoms with E-state index in [9.17, 15) is 0 Å². The lowest BCUT2D eigenvalue weighted by molar-refractivity contribution is 0.575. The molecule has 1 aromatic carbocycles. The van der Waals surface area contributed by atoms with E-state index in [-0.39, 0.29) is 6.04 Å². The summed E-state index contributed by atoms with van der Waals surface area (Å²) >= 11 is 11.9. The Morgan fingerprint density at radius 1 is 1.33 bits per heavy atom. The SMILES string of the molecule is NC(CCC1CC1)c1ccc(Cl)cc1Cl. The van der Waals surface area contributed by atoms with Gasteiger partial charge in [0, 0.05) is 16.1 Å². The minimum atomic E-state index is 0.0513. The molecule has 0 bridgehead atoms. The van der Waals surface area contributed by atoms with Crippen LogP contribution in [0.3, 0.4) is 0 Å². The summed E-state index contributed by atoms with van der Waals surface area (Å²) in [7, 11) is 0. The fourth-order valence-corrected chi connectivity index (χ4v) is 2.33. The van der Waals surface area contributed by atoms with E-state index in [0.29, 0.717) is 10.0 Å². The van der Waals surface area contributed by atoms with Gasteiger partial charge in [-0.05, 0) is 36.5 Å². The number of rotatable bonds is 4. The number of nitrogens with two attached hydrogens (primary N) is 1. The zero-order valence-corrected chi connectivity index (χ0v) is 10.1. The van der Waals surface area contributed by atoms with Crippen LogP contribution in [0.25, 0.3) is 0 Å². The summed E-state index contributed by atoms with van der Waals surface area (Å²) in [5.74, 6) is 0.919. The second-order valence-corrected chi connectivity index (χ2v) is 5.14. The Bertz CT molecular complexity index is 347. The third-order valence-electron chi connectivity index (χ3n) is 2.94. The fraction of sp³-hybridized carbons (Fsp3) is 0.500. The summed E-state index contributed by atoms with van der Waals surface area (Å²) in [6.07, 6.45) is 4.99. The fourth-order valence-electron chi connectivity index (χ4n) is 1.78. The van der Waals surface area contributed by atoms with Crippen LogP contribution in [-0.2, 0) is 0 Å². The predicted octanol–water partition coefficient (Wildman–Crippen LogP) is 4.18. The monoisotopic (exact) mass is 243 g/mol. The van der Waals surface area contributed by atoms with Gasteiger partial charge in [-0.3, -0.25) is 0 Å². The van der Waals surface area contributed by atoms with E-state index in [1.165, 1.54) is 19.3 Å². The van der Waals surface area contributed by atoms with Gasteiger partial charge in [0.25, 0.3) is 0 Å². The van der Waals surface area contributed by atoms with Crippen LogP contribution >= 0.6 is 23.2 Å². The highest BCUT2D eigenvalue weighted by molar-refractivity contribution is 6.35. The van der Waals surface area contributed by atoms with Gasteiger partial charge in [0.05, 0.1) is 0 Å². The summed E-state index contributed by atoms with van der Waals surface area (Å²) in [6.45, 7) is 0. The Kier molecular flexibility index (Phi) is 3.55. The second-order valence-electron chi connectivity index (χ2n) is 4.29. The van der Waals surface area contributed by atoms with Crippen molar-refractivity contribution in [2.24, 2.45) is 11.7 Å². The number of halogens is 2. The molecule has 15 heavy (non-hydrogen) atoms. The van der Waals surface area contributed by atoms with Crippen LogP contribution in [0.1, 0.15) is 37.3 Å². The molecule has 0 spiro atoms. The second kappa shape index (κ2) is 4.73. The molecule has 0 aliphatic heterocycles. The number of hydrogen-bond acceptors (Lipinski definition) is 1. The largest absolute Gasteiger partial charge is 0.324 e. The van der Waals surface area contributed by atoms with Crippen molar-refractivity contribution in [2.75, 3.05) is 0 Å². The summed E-state index contributed by atoms with van der Waals surface area (Å²) in [6, 6.07) is 5.59. The van der Waals surface area contributed by atoms with Crippen LogP contribution < -0.4 is 5.73 Å². The van der Waals surface area contributed by atoms with Crippen molar-refractivity contribution < 1.29 is 0 Å². The van der Waals surface area contributed by atoms with Crippen molar-refractivity contribution in [3.8, 4) is 0 Å². The third-order valence-corrected chi connectivity index (χ3v) is 3.51. The highest BCUT2D eigenvalue weighted by Crippen LogP contribution is 2.36. The maximum atomic E-state index is 6.09. The lowest BCUT2D eigenvalue weighted by Gasteiger charge is -2.13. The first-order chi connectivity index (χ1) is 7.16. The smallest absolute Gasteiger partial charge is 0.0468 e. The summed E-state index contributed by atoms with van der Waals surface area (Å²) in [4.78, 5) is 0. The first-order valence-corrected chi connectivity index (χ1v) is 6.13. The van der Waals surface area contributed by atoms with Gasteiger partial charge in [-0.1, -0.05) is 42.1 Å². The van der Waals surface area contributed by atoms with Gasteiger partial charge in [0.1, 0.15) is 0 Å². The molecule has 0 aromatic heterocycles. The quantitative estimate of drug-likeness (QED) is 0.844. The van der Waals surface area contributed by atoms with Crippen LogP contribution in [0.5, 0.6) is 0 Å². The van der Waals surface area contributed by atoms with E-state index in [2.05, 4.69) is 0 Å². The van der Waals surface area contributed by atoms with Crippen LogP contribution in [0.15, 0.2) is 18.2 Å². The molecule has 0 amide bonds. The maximum Gasteiger partial charge on any atom is 0.0468 e. The van der Waals surface area contributed by atoms with Crippen molar-refractivity contribution in [1.29, 1.82) is 0 Å². The van der Waals surface area contributed by atoms with Gasteiger partial charge < -0.3 is 5.73 Å². The molecular formula is C12H15Cl2N. The zero-order valence-electron chi connectivity index (χ0n) is 8.55. The van der Waals surface area contributed by atoms with E-state index in [4.69, 9.17) is 28.9 Å². The molecule has 1 atom stereocenters. The van der Waals surface area contributed by atoms with Crippen molar-refractivity contribution in [1.82, 2.24) is 0 Å². The Morgan fingerprint density at radius 2 is 2.07 bits per heavy atom. The molecule has 0 radical (unpaired) electrons. The van der Waals surface area contributed by atoms with Gasteiger partial charge in [0.15, 0.2) is 0 Å². The predicted molar refractivity (Wildman–Crippen MR) is 65.3 cm³/mol. The zero-order chi connectivity index (χ0) is 10.8. The van der Waals surface area contributed by atoms with Crippen molar-refractivity contribution in [2.45, 2.75) is 31.7 Å². The standard InChI is InChI=1S/C12H15Cl2N/c13-9-4-5-10(11(14)7-9)12(15)6-3-8-1-2-8/h4-5,7-8,12H,1-3,6,15H2. The van der Waals surface area contributed by atoms with Crippen LogP contribution in [0.4, 0.5) is 0 Å². The lowest BCUT2D eigenvalue weighted by atomic mass is 10.0. The lowest BCUT2D eigenvalue weighted by Crippen LogP contribution is -2.10. The van der Waals surface area contributed by atoms with Crippen molar-refractivity contribution in [3.63, 3.8) is 0 Å². The summed E-state index contributed by atoms with van der Waals surface area (Å²) in [5, 5.41) is 1.35. The van der Waals surface area contributed by atoms with Gasteiger partial charge >= 0.3 is 0 Å². The maximum absolute atomic E-state index is 6.09. The Hall–Kier alpha value is -0.240. The molecule has 1 unspecified atom stereocenters. The first kappa shape index (κ1) is 11.3. The minimum absolute atomic E-state index is 0.0513. The van der Waals surface area contributed by atoms with Gasteiger partial charge in [0.2, 0.25) is 0 Å². The third kappa shape index (κ3) is 3.10. The Morgan fingerprint density at radius 3 is 2.67 bits per heavy atom. The van der Waals surface area contributed by atoms with Crippen molar-refractivity contribution >= 4 is 23.2 Å². The molecule has 1 nitrogen and oxygen atoms in total. The Balaban J connectivity index is 1.99. The molecule has 0 saturated heterocycles. The summed E-state index contributed by atoms with van der Waals surface area (Å²) < 4.78 is 0.